The number of hydrogen-bond donors (Lipinski definition) is 1. The highest BCUT2D eigenvalue weighted by Gasteiger charge is 2.21. The second-order valence-corrected chi connectivity index (χ2v) is 6.37. The van der Waals surface area contributed by atoms with Crippen LogP contribution in [0.1, 0.15) is 57.9 Å². The number of nitrogens with one attached hydrogen (secondary N) is 1. The predicted octanol–water partition coefficient (Wildman–Crippen LogP) is 5.94. The molecule has 2 nitrogen and oxygen atoms in total. The van der Waals surface area contributed by atoms with Crippen molar-refractivity contribution in [1.29, 1.82) is 5.41 Å². The van der Waals surface area contributed by atoms with Crippen LogP contribution in [0.3, 0.4) is 0 Å². The smallest absolute Gasteiger partial charge is 0.0424 e. The minimum Gasteiger partial charge on any atom is -0.346 e. The fourth-order valence-electron chi connectivity index (χ4n) is 3.42. The Kier molecular flexibility index (Phi) is 6.64. The van der Waals surface area contributed by atoms with Crippen LogP contribution in [0.4, 0.5) is 5.69 Å². The number of rotatable bonds is 7. The van der Waals surface area contributed by atoms with E-state index >= 15 is 0 Å². The first kappa shape index (κ1) is 17.5. The molecule has 0 saturated heterocycles. The maximum Gasteiger partial charge on any atom is 0.0424 e. The SMILES string of the molecule is C=C(C1CCCCC1)N(CC)c1cccc(C(=N)C/C=C/C)c1. The fraction of sp³-hybridized carbons (Fsp3) is 0.476. The van der Waals surface area contributed by atoms with Gasteiger partial charge >= 0.3 is 0 Å². The molecule has 23 heavy (non-hydrogen) atoms. The zero-order valence-electron chi connectivity index (χ0n) is 14.6. The van der Waals surface area contributed by atoms with Crippen molar-refractivity contribution in [2.75, 3.05) is 11.4 Å². The number of allylic oxidation sites excluding steroid dienone is 3. The number of benzene rings is 1. The standard InChI is InChI=1S/C21H30N2/c1-4-6-15-21(22)19-13-10-14-20(16-19)23(5-2)17(3)18-11-8-7-9-12-18/h4,6,10,13-14,16,18,22H,3,5,7-9,11-12,15H2,1-2H3/b6-4+,22-21?. The van der Waals surface area contributed by atoms with Crippen LogP contribution in [0.25, 0.3) is 0 Å². The summed E-state index contributed by atoms with van der Waals surface area (Å²) in [6.45, 7) is 9.53. The minimum atomic E-state index is 0.620. The maximum absolute atomic E-state index is 8.24. The molecular weight excluding hydrogens is 280 g/mol. The number of anilines is 1. The van der Waals surface area contributed by atoms with Gasteiger partial charge in [-0.05, 0) is 50.3 Å². The third-order valence-corrected chi connectivity index (χ3v) is 4.80. The zero-order chi connectivity index (χ0) is 16.7. The van der Waals surface area contributed by atoms with Crippen molar-refractivity contribution in [2.24, 2.45) is 5.92 Å². The number of hydrogen-bond acceptors (Lipinski definition) is 2. The molecule has 0 radical (unpaired) electrons. The molecule has 0 atom stereocenters. The first-order valence-electron chi connectivity index (χ1n) is 8.92. The molecule has 2 heteroatoms. The van der Waals surface area contributed by atoms with Gasteiger partial charge in [0.1, 0.15) is 0 Å². The molecule has 1 saturated carbocycles. The summed E-state index contributed by atoms with van der Waals surface area (Å²) in [7, 11) is 0. The molecule has 0 aromatic heterocycles. The van der Waals surface area contributed by atoms with Gasteiger partial charge in [-0.1, -0.05) is 50.1 Å². The van der Waals surface area contributed by atoms with Gasteiger partial charge in [-0.15, -0.1) is 0 Å². The molecule has 0 unspecified atom stereocenters. The van der Waals surface area contributed by atoms with Crippen molar-refractivity contribution in [3.63, 3.8) is 0 Å². The summed E-state index contributed by atoms with van der Waals surface area (Å²) < 4.78 is 0. The van der Waals surface area contributed by atoms with E-state index in [0.29, 0.717) is 18.1 Å². The molecule has 1 aliphatic carbocycles. The van der Waals surface area contributed by atoms with Crippen LogP contribution >= 0.6 is 0 Å². The molecular formula is C21H30N2. The van der Waals surface area contributed by atoms with E-state index in [4.69, 9.17) is 5.41 Å². The molecule has 0 aliphatic heterocycles. The Bertz CT molecular complexity index is 565. The average Bonchev–Trinajstić information content (AvgIpc) is 2.61. The highest BCUT2D eigenvalue weighted by Crippen LogP contribution is 2.33. The normalized spacial score (nSPS) is 15.7. The predicted molar refractivity (Wildman–Crippen MR) is 101 cm³/mol. The molecule has 1 fully saturated rings. The summed E-state index contributed by atoms with van der Waals surface area (Å²) in [5.41, 5.74) is 4.11. The van der Waals surface area contributed by atoms with E-state index in [0.717, 1.165) is 12.1 Å². The Balaban J connectivity index is 2.17. The highest BCUT2D eigenvalue weighted by molar-refractivity contribution is 5.99. The lowest BCUT2D eigenvalue weighted by Crippen LogP contribution is -2.27. The second kappa shape index (κ2) is 8.71. The second-order valence-electron chi connectivity index (χ2n) is 6.37. The Labute approximate surface area is 141 Å². The van der Waals surface area contributed by atoms with Crippen molar-refractivity contribution in [3.05, 3.63) is 54.3 Å². The van der Waals surface area contributed by atoms with Gasteiger partial charge in [0.05, 0.1) is 0 Å². The van der Waals surface area contributed by atoms with Gasteiger partial charge in [-0.3, -0.25) is 0 Å². The number of nitrogens with zero attached hydrogens (tertiary/aromatic N) is 1. The summed E-state index contributed by atoms with van der Waals surface area (Å²) in [6.07, 6.45) is 11.3. The van der Waals surface area contributed by atoms with E-state index in [9.17, 15) is 0 Å². The molecule has 124 valence electrons. The Morgan fingerprint density at radius 2 is 2.04 bits per heavy atom. The van der Waals surface area contributed by atoms with Gasteiger partial charge in [-0.2, -0.15) is 0 Å². The summed E-state index contributed by atoms with van der Waals surface area (Å²) in [5.74, 6) is 0.620. The maximum atomic E-state index is 8.24. The minimum absolute atomic E-state index is 0.620. The van der Waals surface area contributed by atoms with Gasteiger partial charge in [0.25, 0.3) is 0 Å². The summed E-state index contributed by atoms with van der Waals surface area (Å²) in [6, 6.07) is 8.38. The van der Waals surface area contributed by atoms with E-state index in [-0.39, 0.29) is 0 Å². The quantitative estimate of drug-likeness (QED) is 0.489. The van der Waals surface area contributed by atoms with Crippen molar-refractivity contribution in [3.8, 4) is 0 Å². The molecule has 0 amide bonds. The van der Waals surface area contributed by atoms with Gasteiger partial charge in [-0.25, -0.2) is 0 Å². The molecule has 0 bridgehead atoms. The van der Waals surface area contributed by atoms with Gasteiger partial charge in [0.2, 0.25) is 0 Å². The fourth-order valence-corrected chi connectivity index (χ4v) is 3.42. The Morgan fingerprint density at radius 3 is 2.70 bits per heavy atom. The van der Waals surface area contributed by atoms with E-state index in [1.165, 1.54) is 43.5 Å². The van der Waals surface area contributed by atoms with Gasteiger partial charge < -0.3 is 10.3 Å². The highest BCUT2D eigenvalue weighted by atomic mass is 15.1. The molecule has 1 N–H and O–H groups in total. The molecule has 1 aromatic rings. The molecule has 0 spiro atoms. The van der Waals surface area contributed by atoms with Crippen LogP contribution in [0.15, 0.2) is 48.7 Å². The molecule has 0 heterocycles. The molecule has 2 rings (SSSR count). The monoisotopic (exact) mass is 310 g/mol. The van der Waals surface area contributed by atoms with Crippen LogP contribution in [-0.4, -0.2) is 12.3 Å². The van der Waals surface area contributed by atoms with E-state index in [1.807, 2.05) is 25.1 Å². The summed E-state index contributed by atoms with van der Waals surface area (Å²) in [5, 5.41) is 8.24. The van der Waals surface area contributed by atoms with Gasteiger partial charge in [0, 0.05) is 30.1 Å². The Morgan fingerprint density at radius 1 is 1.30 bits per heavy atom. The van der Waals surface area contributed by atoms with Crippen LogP contribution in [0.2, 0.25) is 0 Å². The summed E-state index contributed by atoms with van der Waals surface area (Å²) >= 11 is 0. The molecule has 1 aliphatic rings. The molecule has 1 aromatic carbocycles. The van der Waals surface area contributed by atoms with Crippen LogP contribution in [0, 0.1) is 11.3 Å². The lowest BCUT2D eigenvalue weighted by atomic mass is 9.86. The largest absolute Gasteiger partial charge is 0.346 e. The van der Waals surface area contributed by atoms with Crippen LogP contribution in [-0.2, 0) is 0 Å². The lowest BCUT2D eigenvalue weighted by Gasteiger charge is -2.33. The third-order valence-electron chi connectivity index (χ3n) is 4.80. The Hall–Kier alpha value is -1.83. The average molecular weight is 310 g/mol. The van der Waals surface area contributed by atoms with Gasteiger partial charge in [0.15, 0.2) is 0 Å². The van der Waals surface area contributed by atoms with Crippen LogP contribution < -0.4 is 4.90 Å². The van der Waals surface area contributed by atoms with Crippen LogP contribution in [0.5, 0.6) is 0 Å². The van der Waals surface area contributed by atoms with Crippen molar-refractivity contribution >= 4 is 11.4 Å². The van der Waals surface area contributed by atoms with Crippen molar-refractivity contribution in [2.45, 2.75) is 52.4 Å². The zero-order valence-corrected chi connectivity index (χ0v) is 14.6. The van der Waals surface area contributed by atoms with Crippen molar-refractivity contribution in [1.82, 2.24) is 0 Å². The first-order chi connectivity index (χ1) is 11.2. The van der Waals surface area contributed by atoms with E-state index in [2.05, 4.69) is 36.6 Å². The third kappa shape index (κ3) is 4.57. The first-order valence-corrected chi connectivity index (χ1v) is 8.92. The lowest BCUT2D eigenvalue weighted by molar-refractivity contribution is 0.397. The topological polar surface area (TPSA) is 27.1 Å². The van der Waals surface area contributed by atoms with E-state index in [1.54, 1.807) is 0 Å². The van der Waals surface area contributed by atoms with E-state index < -0.39 is 0 Å². The van der Waals surface area contributed by atoms with Crippen molar-refractivity contribution < 1.29 is 0 Å². The summed E-state index contributed by atoms with van der Waals surface area (Å²) in [4.78, 5) is 2.34.